The molecular weight excluding hydrogens is 154 g/mol. The Morgan fingerprint density at radius 2 is 2.08 bits per heavy atom. The zero-order valence-corrected chi connectivity index (χ0v) is 7.90. The largest absolute Gasteiger partial charge is 0.392 e. The summed E-state index contributed by atoms with van der Waals surface area (Å²) in [7, 11) is 0. The van der Waals surface area contributed by atoms with Gasteiger partial charge in [-0.25, -0.2) is 0 Å². The SMILES string of the molecule is C=CCN(CC(O)CC)C(C)O. The number of hydrogen-bond donors (Lipinski definition) is 2. The molecule has 0 aliphatic rings. The van der Waals surface area contributed by atoms with Gasteiger partial charge in [0.25, 0.3) is 0 Å². The summed E-state index contributed by atoms with van der Waals surface area (Å²) in [5.41, 5.74) is 0. The molecule has 0 aromatic heterocycles. The molecule has 0 bridgehead atoms. The summed E-state index contributed by atoms with van der Waals surface area (Å²) in [6, 6.07) is 0. The average molecular weight is 173 g/mol. The summed E-state index contributed by atoms with van der Waals surface area (Å²) in [4.78, 5) is 1.77. The van der Waals surface area contributed by atoms with Crippen molar-refractivity contribution < 1.29 is 10.2 Å². The van der Waals surface area contributed by atoms with Crippen LogP contribution in [0.3, 0.4) is 0 Å². The standard InChI is InChI=1S/C9H19NO2/c1-4-6-10(8(3)11)7-9(12)5-2/h4,8-9,11-12H,1,5-7H2,2-3H3. The fourth-order valence-corrected chi connectivity index (χ4v) is 0.945. The molecule has 0 aromatic carbocycles. The zero-order chi connectivity index (χ0) is 9.56. The third-order valence-corrected chi connectivity index (χ3v) is 1.81. The summed E-state index contributed by atoms with van der Waals surface area (Å²) in [6.45, 7) is 8.29. The summed E-state index contributed by atoms with van der Waals surface area (Å²) in [5.74, 6) is 0. The van der Waals surface area contributed by atoms with Gasteiger partial charge in [-0.2, -0.15) is 0 Å². The highest BCUT2D eigenvalue weighted by atomic mass is 16.3. The maximum atomic E-state index is 9.32. The Hall–Kier alpha value is -0.380. The molecule has 0 saturated heterocycles. The number of rotatable bonds is 6. The second-order valence-electron chi connectivity index (χ2n) is 2.94. The van der Waals surface area contributed by atoms with Crippen LogP contribution in [0, 0.1) is 0 Å². The summed E-state index contributed by atoms with van der Waals surface area (Å²) in [6.07, 6.45) is 1.54. The van der Waals surface area contributed by atoms with Crippen molar-refractivity contribution in [2.45, 2.75) is 32.6 Å². The molecule has 0 aromatic rings. The molecule has 0 heterocycles. The van der Waals surface area contributed by atoms with E-state index in [0.717, 1.165) is 0 Å². The van der Waals surface area contributed by atoms with Crippen LogP contribution in [-0.2, 0) is 0 Å². The van der Waals surface area contributed by atoms with E-state index >= 15 is 0 Å². The molecule has 0 spiro atoms. The molecule has 72 valence electrons. The van der Waals surface area contributed by atoms with E-state index in [-0.39, 0.29) is 6.10 Å². The van der Waals surface area contributed by atoms with Crippen molar-refractivity contribution in [3.63, 3.8) is 0 Å². The smallest absolute Gasteiger partial charge is 0.104 e. The van der Waals surface area contributed by atoms with Crippen LogP contribution in [0.2, 0.25) is 0 Å². The highest BCUT2D eigenvalue weighted by molar-refractivity contribution is 4.75. The fourth-order valence-electron chi connectivity index (χ4n) is 0.945. The van der Waals surface area contributed by atoms with Crippen LogP contribution in [0.5, 0.6) is 0 Å². The Kier molecular flexibility index (Phi) is 5.98. The Balaban J connectivity index is 3.85. The van der Waals surface area contributed by atoms with E-state index in [1.165, 1.54) is 0 Å². The molecule has 0 amide bonds. The van der Waals surface area contributed by atoms with Gasteiger partial charge in [-0.1, -0.05) is 13.0 Å². The maximum Gasteiger partial charge on any atom is 0.104 e. The van der Waals surface area contributed by atoms with Crippen molar-refractivity contribution in [2.75, 3.05) is 13.1 Å². The highest BCUT2D eigenvalue weighted by Crippen LogP contribution is 2.00. The van der Waals surface area contributed by atoms with Crippen LogP contribution in [0.15, 0.2) is 12.7 Å². The van der Waals surface area contributed by atoms with Crippen LogP contribution in [0.1, 0.15) is 20.3 Å². The van der Waals surface area contributed by atoms with E-state index in [0.29, 0.717) is 19.5 Å². The number of aliphatic hydroxyl groups is 2. The molecule has 0 fully saturated rings. The monoisotopic (exact) mass is 173 g/mol. The van der Waals surface area contributed by atoms with Gasteiger partial charge in [0, 0.05) is 13.1 Å². The van der Waals surface area contributed by atoms with Crippen molar-refractivity contribution >= 4 is 0 Å². The van der Waals surface area contributed by atoms with Gasteiger partial charge in [-0.15, -0.1) is 6.58 Å². The molecular formula is C9H19NO2. The van der Waals surface area contributed by atoms with Crippen LogP contribution in [0.4, 0.5) is 0 Å². The number of nitrogens with zero attached hydrogens (tertiary/aromatic N) is 1. The quantitative estimate of drug-likeness (QED) is 0.456. The van der Waals surface area contributed by atoms with Crippen LogP contribution in [0.25, 0.3) is 0 Å². The van der Waals surface area contributed by atoms with Crippen LogP contribution >= 0.6 is 0 Å². The van der Waals surface area contributed by atoms with Crippen LogP contribution in [-0.4, -0.2) is 40.5 Å². The molecule has 3 heteroatoms. The number of aliphatic hydroxyl groups excluding tert-OH is 2. The summed E-state index contributed by atoms with van der Waals surface area (Å²) < 4.78 is 0. The van der Waals surface area contributed by atoms with Gasteiger partial charge in [0.2, 0.25) is 0 Å². The molecule has 0 rings (SSSR count). The lowest BCUT2D eigenvalue weighted by Crippen LogP contribution is -2.38. The third-order valence-electron chi connectivity index (χ3n) is 1.81. The van der Waals surface area contributed by atoms with E-state index in [1.54, 1.807) is 17.9 Å². The lowest BCUT2D eigenvalue weighted by atomic mass is 10.2. The molecule has 0 aliphatic carbocycles. The second kappa shape index (κ2) is 6.17. The van der Waals surface area contributed by atoms with Gasteiger partial charge in [0.05, 0.1) is 6.10 Å². The minimum absolute atomic E-state index is 0.362. The van der Waals surface area contributed by atoms with E-state index in [9.17, 15) is 10.2 Å². The Labute approximate surface area is 74.3 Å². The molecule has 0 radical (unpaired) electrons. The maximum absolute atomic E-state index is 9.32. The third kappa shape index (κ3) is 4.49. The van der Waals surface area contributed by atoms with Crippen LogP contribution < -0.4 is 0 Å². The molecule has 2 N–H and O–H groups in total. The predicted molar refractivity (Wildman–Crippen MR) is 49.7 cm³/mol. The Bertz CT molecular complexity index is 126. The second-order valence-corrected chi connectivity index (χ2v) is 2.94. The molecule has 12 heavy (non-hydrogen) atoms. The average Bonchev–Trinajstić information content (AvgIpc) is 2.03. The Morgan fingerprint density at radius 1 is 1.50 bits per heavy atom. The lowest BCUT2D eigenvalue weighted by molar-refractivity contribution is -0.00388. The summed E-state index contributed by atoms with van der Waals surface area (Å²) in [5, 5.41) is 18.6. The van der Waals surface area contributed by atoms with Gasteiger partial charge in [0.15, 0.2) is 0 Å². The molecule has 2 atom stereocenters. The van der Waals surface area contributed by atoms with Gasteiger partial charge >= 0.3 is 0 Å². The first-order valence-corrected chi connectivity index (χ1v) is 4.32. The van der Waals surface area contributed by atoms with E-state index in [4.69, 9.17) is 0 Å². The van der Waals surface area contributed by atoms with Crippen molar-refractivity contribution in [1.82, 2.24) is 4.90 Å². The molecule has 0 saturated carbocycles. The van der Waals surface area contributed by atoms with Crippen molar-refractivity contribution in [2.24, 2.45) is 0 Å². The zero-order valence-electron chi connectivity index (χ0n) is 7.90. The normalized spacial score (nSPS) is 16.1. The van der Waals surface area contributed by atoms with Gasteiger partial charge < -0.3 is 10.2 Å². The van der Waals surface area contributed by atoms with Gasteiger partial charge in [-0.05, 0) is 13.3 Å². The minimum Gasteiger partial charge on any atom is -0.392 e. The van der Waals surface area contributed by atoms with Gasteiger partial charge in [-0.3, -0.25) is 4.90 Å². The predicted octanol–water partition coefficient (Wildman–Crippen LogP) is 0.584. The van der Waals surface area contributed by atoms with Crippen molar-refractivity contribution in [3.8, 4) is 0 Å². The fraction of sp³-hybridized carbons (Fsp3) is 0.778. The van der Waals surface area contributed by atoms with E-state index in [1.807, 2.05) is 6.92 Å². The van der Waals surface area contributed by atoms with Crippen molar-refractivity contribution in [3.05, 3.63) is 12.7 Å². The topological polar surface area (TPSA) is 43.7 Å². The highest BCUT2D eigenvalue weighted by Gasteiger charge is 2.12. The first-order valence-electron chi connectivity index (χ1n) is 4.32. The Morgan fingerprint density at radius 3 is 2.42 bits per heavy atom. The minimum atomic E-state index is -0.524. The summed E-state index contributed by atoms with van der Waals surface area (Å²) >= 11 is 0. The number of hydrogen-bond acceptors (Lipinski definition) is 3. The van der Waals surface area contributed by atoms with E-state index in [2.05, 4.69) is 6.58 Å². The van der Waals surface area contributed by atoms with E-state index < -0.39 is 6.23 Å². The molecule has 3 nitrogen and oxygen atoms in total. The van der Waals surface area contributed by atoms with Crippen molar-refractivity contribution in [1.29, 1.82) is 0 Å². The first kappa shape index (κ1) is 11.6. The van der Waals surface area contributed by atoms with Gasteiger partial charge in [0.1, 0.15) is 6.23 Å². The molecule has 2 unspecified atom stereocenters. The first-order chi connectivity index (χ1) is 5.61. The molecule has 0 aliphatic heterocycles. The lowest BCUT2D eigenvalue weighted by Gasteiger charge is -2.25.